The molecule has 1 atom stereocenters. The molecule has 0 radical (unpaired) electrons. The number of nitrogens with zero attached hydrogens (tertiary/aromatic N) is 2. The van der Waals surface area contributed by atoms with Crippen molar-refractivity contribution in [3.05, 3.63) is 89.7 Å². The molecule has 1 amide bonds. The van der Waals surface area contributed by atoms with Crippen LogP contribution < -0.4 is 5.32 Å². The van der Waals surface area contributed by atoms with Crippen molar-refractivity contribution in [2.45, 2.75) is 11.1 Å². The maximum Gasteiger partial charge on any atom is 0.405 e. The van der Waals surface area contributed by atoms with Crippen LogP contribution >= 0.6 is 11.6 Å². The average Bonchev–Trinajstić information content (AvgIpc) is 3.28. The van der Waals surface area contributed by atoms with Crippen LogP contribution in [0.5, 0.6) is 0 Å². The minimum absolute atomic E-state index is 0.175. The second-order valence-electron chi connectivity index (χ2n) is 7.63. The molecule has 10 heteroatoms. The van der Waals surface area contributed by atoms with Gasteiger partial charge in [-0.3, -0.25) is 13.6 Å². The molecular formula is C25H19ClF3N3O2S. The number of hydrogen-bond donors (Lipinski definition) is 1. The fraction of sp³-hybridized carbons (Fsp3) is 0.120. The van der Waals surface area contributed by atoms with Crippen molar-refractivity contribution in [1.82, 2.24) is 14.9 Å². The van der Waals surface area contributed by atoms with Crippen LogP contribution in [0.25, 0.3) is 28.2 Å². The normalized spacial score (nSPS) is 12.4. The van der Waals surface area contributed by atoms with Gasteiger partial charge in [0.05, 0.1) is 5.02 Å². The molecule has 1 unspecified atom stereocenters. The van der Waals surface area contributed by atoms with Crippen molar-refractivity contribution in [2.24, 2.45) is 0 Å². The zero-order valence-electron chi connectivity index (χ0n) is 18.3. The Labute approximate surface area is 207 Å². The van der Waals surface area contributed by atoms with E-state index in [9.17, 15) is 22.2 Å². The molecule has 0 bridgehead atoms. The molecule has 4 rings (SSSR count). The summed E-state index contributed by atoms with van der Waals surface area (Å²) in [6.45, 7) is -1.46. The van der Waals surface area contributed by atoms with E-state index in [1.165, 1.54) is 6.20 Å². The van der Waals surface area contributed by atoms with Gasteiger partial charge in [-0.05, 0) is 47.5 Å². The Bertz CT molecular complexity index is 1400. The Kier molecular flexibility index (Phi) is 7.09. The molecule has 0 spiro atoms. The van der Waals surface area contributed by atoms with Gasteiger partial charge in [0.25, 0.3) is 5.91 Å². The van der Waals surface area contributed by atoms with Crippen molar-refractivity contribution in [2.75, 3.05) is 12.8 Å². The molecule has 1 aromatic heterocycles. The lowest BCUT2D eigenvalue weighted by Crippen LogP contribution is -2.33. The largest absolute Gasteiger partial charge is 0.405 e. The predicted molar refractivity (Wildman–Crippen MR) is 130 cm³/mol. The fourth-order valence-corrected chi connectivity index (χ4v) is 4.24. The molecule has 1 N–H and O–H groups in total. The molecule has 0 saturated carbocycles. The monoisotopic (exact) mass is 517 g/mol. The van der Waals surface area contributed by atoms with E-state index in [4.69, 9.17) is 11.6 Å². The van der Waals surface area contributed by atoms with Crippen LogP contribution in [0.2, 0.25) is 5.02 Å². The molecule has 5 nitrogen and oxygen atoms in total. The third-order valence-corrected chi connectivity index (χ3v) is 6.39. The summed E-state index contributed by atoms with van der Waals surface area (Å²) in [5, 5.41) is 2.22. The standard InChI is InChI=1S/C25H19ClF3N3O2S/c1-35(34)19-6-4-5-17(13-19)16-9-11-18(12-10-16)32-14-22(24(33)30-15-25(27,28)29)31-23(32)20-7-2-3-8-21(20)26/h2-14H,15H2,1H3,(H,30,33). The number of carbonyl (C=O) groups is 1. The van der Waals surface area contributed by atoms with E-state index in [2.05, 4.69) is 4.98 Å². The number of benzene rings is 3. The number of alkyl halides is 3. The highest BCUT2D eigenvalue weighted by molar-refractivity contribution is 7.84. The molecule has 180 valence electrons. The Morgan fingerprint density at radius 2 is 1.74 bits per heavy atom. The Balaban J connectivity index is 1.73. The summed E-state index contributed by atoms with van der Waals surface area (Å²) >= 11 is 6.35. The first kappa shape index (κ1) is 24.7. The highest BCUT2D eigenvalue weighted by atomic mass is 35.5. The summed E-state index contributed by atoms with van der Waals surface area (Å²) in [6, 6.07) is 21.5. The van der Waals surface area contributed by atoms with Crippen molar-refractivity contribution < 1.29 is 22.2 Å². The summed E-state index contributed by atoms with van der Waals surface area (Å²) in [6.07, 6.45) is -1.55. The lowest BCUT2D eigenvalue weighted by atomic mass is 10.1. The number of nitrogens with one attached hydrogen (secondary N) is 1. The average molecular weight is 518 g/mol. The highest BCUT2D eigenvalue weighted by Gasteiger charge is 2.29. The van der Waals surface area contributed by atoms with Crippen LogP contribution in [0.15, 0.2) is 83.9 Å². The van der Waals surface area contributed by atoms with E-state index in [0.29, 0.717) is 27.0 Å². The van der Waals surface area contributed by atoms with E-state index >= 15 is 0 Å². The van der Waals surface area contributed by atoms with Gasteiger partial charge in [-0.2, -0.15) is 13.2 Å². The van der Waals surface area contributed by atoms with E-state index in [1.807, 2.05) is 35.6 Å². The predicted octanol–water partition coefficient (Wildman–Crippen LogP) is 5.89. The molecule has 0 aliphatic carbocycles. The third-order valence-electron chi connectivity index (χ3n) is 5.15. The number of imidazole rings is 1. The number of carbonyl (C=O) groups excluding carboxylic acids is 1. The first-order valence-electron chi connectivity index (χ1n) is 10.4. The second kappa shape index (κ2) is 10.1. The number of halogens is 4. The summed E-state index contributed by atoms with van der Waals surface area (Å²) in [7, 11) is -1.12. The summed E-state index contributed by atoms with van der Waals surface area (Å²) in [5.41, 5.74) is 2.73. The van der Waals surface area contributed by atoms with Crippen molar-refractivity contribution in [1.29, 1.82) is 0 Å². The number of rotatable bonds is 6. The molecule has 4 aromatic rings. The minimum Gasteiger partial charge on any atom is -0.342 e. The molecule has 0 aliphatic heterocycles. The lowest BCUT2D eigenvalue weighted by Gasteiger charge is -2.10. The summed E-state index contributed by atoms with van der Waals surface area (Å²) < 4.78 is 51.1. The summed E-state index contributed by atoms with van der Waals surface area (Å²) in [5.74, 6) is -0.640. The molecule has 35 heavy (non-hydrogen) atoms. The Morgan fingerprint density at radius 3 is 2.40 bits per heavy atom. The third kappa shape index (κ3) is 5.80. The van der Waals surface area contributed by atoms with Gasteiger partial charge in [0.15, 0.2) is 0 Å². The topological polar surface area (TPSA) is 64.0 Å². The molecule has 0 saturated heterocycles. The van der Waals surface area contributed by atoms with Gasteiger partial charge >= 0.3 is 6.18 Å². The number of amides is 1. The maximum atomic E-state index is 12.6. The zero-order valence-corrected chi connectivity index (χ0v) is 19.9. The van der Waals surface area contributed by atoms with Crippen LogP contribution in [0, 0.1) is 0 Å². The summed E-state index contributed by atoms with van der Waals surface area (Å²) in [4.78, 5) is 17.4. The first-order chi connectivity index (χ1) is 16.6. The van der Waals surface area contributed by atoms with Crippen LogP contribution in [0.3, 0.4) is 0 Å². The van der Waals surface area contributed by atoms with Crippen molar-refractivity contribution in [3.63, 3.8) is 0 Å². The van der Waals surface area contributed by atoms with E-state index in [0.717, 1.165) is 11.1 Å². The molecule has 0 aliphatic rings. The first-order valence-corrected chi connectivity index (χ1v) is 12.3. The van der Waals surface area contributed by atoms with Crippen LogP contribution in [-0.2, 0) is 10.8 Å². The fourth-order valence-electron chi connectivity index (χ4n) is 3.46. The lowest BCUT2D eigenvalue weighted by molar-refractivity contribution is -0.123. The van der Waals surface area contributed by atoms with Gasteiger partial charge in [-0.25, -0.2) is 4.98 Å². The smallest absolute Gasteiger partial charge is 0.342 e. The SMILES string of the molecule is CS(=O)c1cccc(-c2ccc(-n3cc(C(=O)NCC(F)(F)F)nc3-c3ccccc3Cl)cc2)c1. The van der Waals surface area contributed by atoms with Gasteiger partial charge < -0.3 is 5.32 Å². The van der Waals surface area contributed by atoms with Gasteiger partial charge in [0, 0.05) is 39.4 Å². The molecule has 1 heterocycles. The van der Waals surface area contributed by atoms with E-state index in [1.54, 1.807) is 53.3 Å². The Hall–Kier alpha value is -3.43. The second-order valence-corrected chi connectivity index (χ2v) is 9.41. The van der Waals surface area contributed by atoms with Crippen LogP contribution in [0.4, 0.5) is 13.2 Å². The number of hydrogen-bond acceptors (Lipinski definition) is 3. The number of aromatic nitrogens is 2. The zero-order chi connectivity index (χ0) is 25.2. The van der Waals surface area contributed by atoms with Gasteiger partial charge in [0.2, 0.25) is 0 Å². The quantitative estimate of drug-likeness (QED) is 0.347. The molecule has 0 fully saturated rings. The van der Waals surface area contributed by atoms with E-state index < -0.39 is 29.4 Å². The van der Waals surface area contributed by atoms with Crippen molar-refractivity contribution in [3.8, 4) is 28.2 Å². The highest BCUT2D eigenvalue weighted by Crippen LogP contribution is 2.30. The minimum atomic E-state index is -4.54. The van der Waals surface area contributed by atoms with Crippen LogP contribution in [0.1, 0.15) is 10.5 Å². The Morgan fingerprint density at radius 1 is 1.03 bits per heavy atom. The van der Waals surface area contributed by atoms with E-state index in [-0.39, 0.29) is 5.69 Å². The van der Waals surface area contributed by atoms with Crippen molar-refractivity contribution >= 4 is 28.3 Å². The molecular weight excluding hydrogens is 499 g/mol. The van der Waals surface area contributed by atoms with Gasteiger partial charge in [-0.1, -0.05) is 48.0 Å². The van der Waals surface area contributed by atoms with Gasteiger partial charge in [0.1, 0.15) is 18.1 Å². The molecule has 3 aromatic carbocycles. The van der Waals surface area contributed by atoms with Gasteiger partial charge in [-0.15, -0.1) is 0 Å². The maximum absolute atomic E-state index is 12.6. The van der Waals surface area contributed by atoms with Crippen LogP contribution in [-0.4, -0.2) is 38.6 Å².